The number of carbonyl (C=O) groups is 1. The summed E-state index contributed by atoms with van der Waals surface area (Å²) in [6, 6.07) is 17.6. The summed E-state index contributed by atoms with van der Waals surface area (Å²) in [6.45, 7) is 4.47. The Labute approximate surface area is 121 Å². The zero-order valence-electron chi connectivity index (χ0n) is 11.7. The topological polar surface area (TPSA) is 32.7 Å². The third kappa shape index (κ3) is 3.65. The van der Waals surface area contributed by atoms with Gasteiger partial charge in [0.15, 0.2) is 8.96 Å². The van der Waals surface area contributed by atoms with Crippen LogP contribution in [0.25, 0.3) is 0 Å². The van der Waals surface area contributed by atoms with E-state index in [9.17, 15) is 4.79 Å². The Morgan fingerprint density at radius 2 is 1.55 bits per heavy atom. The molecule has 0 amide bonds. The highest BCUT2D eigenvalue weighted by atomic mass is 28.3. The highest BCUT2D eigenvalue weighted by Gasteiger charge is 2.09. The minimum absolute atomic E-state index is 0.681. The minimum Gasteiger partial charge on any atom is -0.299 e. The maximum atomic E-state index is 10.6. The van der Waals surface area contributed by atoms with Crippen LogP contribution in [0.4, 0.5) is 5.69 Å². The zero-order chi connectivity index (χ0) is 14.4. The molecule has 0 aliphatic heterocycles. The number of benzene rings is 2. The fourth-order valence-corrected chi connectivity index (χ4v) is 2.97. The highest BCUT2D eigenvalue weighted by molar-refractivity contribution is 6.60. The molecule has 4 heteroatoms. The molecule has 0 fully saturated rings. The van der Waals surface area contributed by atoms with Crippen LogP contribution in [0, 0.1) is 0 Å². The van der Waals surface area contributed by atoms with Crippen molar-refractivity contribution in [3.05, 3.63) is 65.7 Å². The van der Waals surface area contributed by atoms with Crippen molar-refractivity contribution in [2.45, 2.75) is 13.1 Å². The summed E-state index contributed by atoms with van der Waals surface area (Å²) < 4.78 is 2.10. The number of hydrogen-bond donors (Lipinski definition) is 0. The van der Waals surface area contributed by atoms with Crippen molar-refractivity contribution in [1.29, 1.82) is 0 Å². The monoisotopic (exact) mass is 282 g/mol. The lowest BCUT2D eigenvalue weighted by Gasteiger charge is -2.22. The molecule has 0 unspecified atom stereocenters. The summed E-state index contributed by atoms with van der Waals surface area (Å²) in [5.41, 5.74) is 2.79. The second kappa shape index (κ2) is 6.82. The lowest BCUT2D eigenvalue weighted by molar-refractivity contribution is 0.112. The normalized spacial score (nSPS) is 10.9. The van der Waals surface area contributed by atoms with E-state index in [1.54, 1.807) is 12.1 Å². The Morgan fingerprint density at radius 1 is 0.950 bits per heavy atom. The van der Waals surface area contributed by atoms with Gasteiger partial charge >= 0.3 is 0 Å². The molecule has 0 bridgehead atoms. The summed E-state index contributed by atoms with van der Waals surface area (Å²) in [7, 11) is -1.09. The van der Waals surface area contributed by atoms with Crippen molar-refractivity contribution in [3.63, 3.8) is 0 Å². The predicted molar refractivity (Wildman–Crippen MR) is 87.2 cm³/mol. The number of aldehydes is 1. The third-order valence-electron chi connectivity index (χ3n) is 2.91. The molecule has 2 rings (SSSR count). The number of rotatable bonds is 5. The number of hydrazone groups is 1. The van der Waals surface area contributed by atoms with E-state index in [0.717, 1.165) is 17.5 Å². The molecule has 0 spiro atoms. The summed E-state index contributed by atoms with van der Waals surface area (Å²) in [5, 5.41) is 4.60. The van der Waals surface area contributed by atoms with Crippen LogP contribution in [0.15, 0.2) is 59.7 Å². The van der Waals surface area contributed by atoms with Gasteiger partial charge in [-0.2, -0.15) is 5.10 Å². The number of para-hydroxylation sites is 1. The molecule has 3 nitrogen and oxygen atoms in total. The van der Waals surface area contributed by atoms with Crippen LogP contribution >= 0.6 is 0 Å². The van der Waals surface area contributed by atoms with Crippen LogP contribution < -0.4 is 4.67 Å². The van der Waals surface area contributed by atoms with Crippen molar-refractivity contribution in [3.8, 4) is 0 Å². The molecule has 0 atom stereocenters. The Morgan fingerprint density at radius 3 is 2.10 bits per heavy atom. The molecule has 0 aliphatic carbocycles. The van der Waals surface area contributed by atoms with Gasteiger partial charge in [-0.05, 0) is 17.7 Å². The fourth-order valence-electron chi connectivity index (χ4n) is 1.87. The van der Waals surface area contributed by atoms with E-state index < -0.39 is 8.96 Å². The van der Waals surface area contributed by atoms with E-state index in [1.807, 2.05) is 36.5 Å². The fraction of sp³-hybridized carbons (Fsp3) is 0.125. The molecule has 0 aromatic heterocycles. The van der Waals surface area contributed by atoms with Gasteiger partial charge in [0.25, 0.3) is 0 Å². The molecule has 102 valence electrons. The third-order valence-corrected chi connectivity index (χ3v) is 4.32. The average molecular weight is 282 g/mol. The van der Waals surface area contributed by atoms with Crippen molar-refractivity contribution < 1.29 is 4.79 Å². The lowest BCUT2D eigenvalue weighted by Crippen LogP contribution is -2.29. The molecule has 20 heavy (non-hydrogen) atoms. The van der Waals surface area contributed by atoms with E-state index in [1.165, 1.54) is 0 Å². The zero-order valence-corrected chi connectivity index (χ0v) is 12.9. The van der Waals surface area contributed by atoms with Gasteiger partial charge < -0.3 is 0 Å². The Balaban J connectivity index is 2.19. The SMILES string of the molecule is C[SiH](C)N(N=Cc1ccc(C=O)cc1)c1ccccc1. The first kappa shape index (κ1) is 14.2. The molecule has 0 saturated carbocycles. The molecule has 0 heterocycles. The number of carbonyl (C=O) groups excluding carboxylic acids is 1. The van der Waals surface area contributed by atoms with Gasteiger partial charge in [-0.1, -0.05) is 55.6 Å². The molecular formula is C16H18N2OSi. The first-order chi connectivity index (χ1) is 9.70. The van der Waals surface area contributed by atoms with Crippen LogP contribution in [0.2, 0.25) is 13.1 Å². The maximum Gasteiger partial charge on any atom is 0.164 e. The Hall–Kier alpha value is -2.20. The van der Waals surface area contributed by atoms with Gasteiger partial charge in [0.05, 0.1) is 6.21 Å². The summed E-state index contributed by atoms with van der Waals surface area (Å²) in [5.74, 6) is 0. The van der Waals surface area contributed by atoms with Crippen LogP contribution in [-0.2, 0) is 0 Å². The molecule has 0 radical (unpaired) electrons. The van der Waals surface area contributed by atoms with E-state index >= 15 is 0 Å². The Kier molecular flexibility index (Phi) is 4.84. The van der Waals surface area contributed by atoms with E-state index in [-0.39, 0.29) is 0 Å². The van der Waals surface area contributed by atoms with Crippen molar-refractivity contribution >= 4 is 27.1 Å². The quantitative estimate of drug-likeness (QED) is 0.365. The summed E-state index contributed by atoms with van der Waals surface area (Å²) in [4.78, 5) is 10.6. The van der Waals surface area contributed by atoms with Crippen LogP contribution in [-0.4, -0.2) is 21.5 Å². The van der Waals surface area contributed by atoms with E-state index in [2.05, 4.69) is 35.0 Å². The smallest absolute Gasteiger partial charge is 0.164 e. The highest BCUT2D eigenvalue weighted by Crippen LogP contribution is 2.15. The standard InChI is InChI=1S/C16H18N2OSi/c1-20(2)18(16-6-4-3-5-7-16)17-12-14-8-10-15(13-19)11-9-14/h3-13,20H,1-2H3. The predicted octanol–water partition coefficient (Wildman–Crippen LogP) is 3.32. The molecule has 2 aromatic carbocycles. The number of hydrogen-bond acceptors (Lipinski definition) is 3. The van der Waals surface area contributed by atoms with E-state index in [0.29, 0.717) is 5.56 Å². The van der Waals surface area contributed by atoms with Crippen molar-refractivity contribution in [1.82, 2.24) is 0 Å². The second-order valence-electron chi connectivity index (χ2n) is 4.80. The largest absolute Gasteiger partial charge is 0.299 e. The van der Waals surface area contributed by atoms with Gasteiger partial charge in [-0.25, -0.2) is 0 Å². The summed E-state index contributed by atoms with van der Waals surface area (Å²) >= 11 is 0. The van der Waals surface area contributed by atoms with Crippen LogP contribution in [0.1, 0.15) is 15.9 Å². The number of nitrogens with zero attached hydrogens (tertiary/aromatic N) is 2. The van der Waals surface area contributed by atoms with Crippen LogP contribution in [0.3, 0.4) is 0 Å². The molecule has 2 aromatic rings. The summed E-state index contributed by atoms with van der Waals surface area (Å²) in [6.07, 6.45) is 2.69. The average Bonchev–Trinajstić information content (AvgIpc) is 2.49. The first-order valence-electron chi connectivity index (χ1n) is 6.64. The van der Waals surface area contributed by atoms with Crippen molar-refractivity contribution in [2.75, 3.05) is 4.67 Å². The van der Waals surface area contributed by atoms with Gasteiger partial charge in [-0.3, -0.25) is 9.47 Å². The van der Waals surface area contributed by atoms with E-state index in [4.69, 9.17) is 0 Å². The van der Waals surface area contributed by atoms with Gasteiger partial charge in [0, 0.05) is 11.3 Å². The molecule has 0 saturated heterocycles. The number of anilines is 1. The van der Waals surface area contributed by atoms with Crippen LogP contribution in [0.5, 0.6) is 0 Å². The first-order valence-corrected chi connectivity index (χ1v) is 9.47. The lowest BCUT2D eigenvalue weighted by atomic mass is 10.2. The van der Waals surface area contributed by atoms with Crippen molar-refractivity contribution in [2.24, 2.45) is 5.10 Å². The minimum atomic E-state index is -1.09. The second-order valence-corrected chi connectivity index (χ2v) is 7.48. The van der Waals surface area contributed by atoms with Gasteiger partial charge in [0.1, 0.15) is 6.29 Å². The van der Waals surface area contributed by atoms with Gasteiger partial charge in [0.2, 0.25) is 0 Å². The molecular weight excluding hydrogens is 264 g/mol. The Bertz CT molecular complexity index is 579. The maximum absolute atomic E-state index is 10.6. The molecule has 0 aliphatic rings. The van der Waals surface area contributed by atoms with Gasteiger partial charge in [-0.15, -0.1) is 0 Å². The molecule has 0 N–H and O–H groups in total.